The third kappa shape index (κ3) is 16.7. The summed E-state index contributed by atoms with van der Waals surface area (Å²) in [6, 6.07) is 0. The zero-order valence-corrected chi connectivity index (χ0v) is 10.2. The highest BCUT2D eigenvalue weighted by atomic mass is 16.4. The van der Waals surface area contributed by atoms with Crippen molar-refractivity contribution in [2.75, 3.05) is 0 Å². The zero-order valence-electron chi connectivity index (χ0n) is 10.2. The largest absolute Gasteiger partial charge is 0.508 e. The predicted molar refractivity (Wildman–Crippen MR) is 63.5 cm³/mol. The smallest absolute Gasteiger partial charge is 0.381 e. The Kier molecular flexibility index (Phi) is 12.9. The Hall–Kier alpha value is -3.26. The van der Waals surface area contributed by atoms with E-state index in [9.17, 15) is 19.2 Å². The standard InChI is InChI=1S/C5H6O6.C5H4O4.H2O/c6-2(1-3(7)8)4(9)5(10)11;6-4(7)2-1-3-5(8)9;/h6,9H,1H2,(H,7,8)(H,10,11);2H2,(H,6,7)(H,8,9);1H2/b4-2+;;. The molecule has 0 aliphatic carbocycles. The first kappa shape index (κ1) is 22.9. The van der Waals surface area contributed by atoms with Gasteiger partial charge in [-0.25, -0.2) is 9.59 Å². The van der Waals surface area contributed by atoms with Crippen LogP contribution in [0.2, 0.25) is 0 Å². The maximum Gasteiger partial charge on any atom is 0.381 e. The molecule has 11 heteroatoms. The summed E-state index contributed by atoms with van der Waals surface area (Å²) in [7, 11) is 0. The molecule has 8 N–H and O–H groups in total. The fraction of sp³-hybridized carbons (Fsp3) is 0.200. The maximum absolute atomic E-state index is 9.86. The summed E-state index contributed by atoms with van der Waals surface area (Å²) >= 11 is 0. The molecule has 0 aromatic rings. The SMILES string of the molecule is O.O=C(O)C#CCC(=O)O.O=C(O)C/C(O)=C(\O)C(=O)O. The second-order valence-corrected chi connectivity index (χ2v) is 2.85. The molecule has 21 heavy (non-hydrogen) atoms. The van der Waals surface area contributed by atoms with Gasteiger partial charge in [-0.15, -0.1) is 0 Å². The van der Waals surface area contributed by atoms with Crippen LogP contribution in [0, 0.1) is 11.8 Å². The Labute approximate surface area is 116 Å². The summed E-state index contributed by atoms with van der Waals surface area (Å²) in [6.07, 6.45) is -1.33. The number of hydrogen-bond donors (Lipinski definition) is 6. The highest BCUT2D eigenvalue weighted by molar-refractivity contribution is 5.87. The van der Waals surface area contributed by atoms with Gasteiger partial charge in [0.05, 0.1) is 0 Å². The Morgan fingerprint density at radius 2 is 1.29 bits per heavy atom. The van der Waals surface area contributed by atoms with Crippen molar-refractivity contribution in [3.63, 3.8) is 0 Å². The zero-order chi connectivity index (χ0) is 16.3. The first-order valence-electron chi connectivity index (χ1n) is 4.57. The molecule has 118 valence electrons. The van der Waals surface area contributed by atoms with Crippen LogP contribution >= 0.6 is 0 Å². The molecule has 0 atom stereocenters. The van der Waals surface area contributed by atoms with Crippen molar-refractivity contribution >= 4 is 23.9 Å². The van der Waals surface area contributed by atoms with Crippen LogP contribution in [-0.2, 0) is 19.2 Å². The van der Waals surface area contributed by atoms with Gasteiger partial charge in [-0.2, -0.15) is 0 Å². The third-order valence-electron chi connectivity index (χ3n) is 1.23. The maximum atomic E-state index is 9.86. The van der Waals surface area contributed by atoms with E-state index in [1.807, 2.05) is 5.92 Å². The van der Waals surface area contributed by atoms with Crippen LogP contribution < -0.4 is 0 Å². The van der Waals surface area contributed by atoms with Crippen LogP contribution in [0.3, 0.4) is 0 Å². The van der Waals surface area contributed by atoms with Gasteiger partial charge in [0.25, 0.3) is 0 Å². The number of aliphatic hydroxyl groups is 2. The normalized spacial score (nSPS) is 9.33. The van der Waals surface area contributed by atoms with E-state index in [-0.39, 0.29) is 5.48 Å². The number of hydrogen-bond acceptors (Lipinski definition) is 6. The lowest BCUT2D eigenvalue weighted by atomic mass is 10.3. The molecule has 0 bridgehead atoms. The second-order valence-electron chi connectivity index (χ2n) is 2.85. The fourth-order valence-electron chi connectivity index (χ4n) is 0.546. The minimum atomic E-state index is -1.76. The molecule has 0 aromatic carbocycles. The molecule has 0 unspecified atom stereocenters. The monoisotopic (exact) mass is 308 g/mol. The summed E-state index contributed by atoms with van der Waals surface area (Å²) in [5.41, 5.74) is 0. The highest BCUT2D eigenvalue weighted by Crippen LogP contribution is 2.02. The minimum absolute atomic E-state index is 0. The van der Waals surface area contributed by atoms with Gasteiger partial charge in [0.2, 0.25) is 5.76 Å². The number of aliphatic carboxylic acids is 4. The third-order valence-corrected chi connectivity index (χ3v) is 1.23. The summed E-state index contributed by atoms with van der Waals surface area (Å²) in [4.78, 5) is 39.0. The van der Waals surface area contributed by atoms with Gasteiger partial charge in [0.15, 0.2) is 5.76 Å². The van der Waals surface area contributed by atoms with Gasteiger partial charge in [-0.3, -0.25) is 9.59 Å². The fourth-order valence-corrected chi connectivity index (χ4v) is 0.546. The number of carboxylic acids is 4. The number of carboxylic acid groups (broad SMARTS) is 4. The topological polar surface area (TPSA) is 221 Å². The van der Waals surface area contributed by atoms with E-state index in [2.05, 4.69) is 0 Å². The van der Waals surface area contributed by atoms with Crippen molar-refractivity contribution in [1.82, 2.24) is 0 Å². The van der Waals surface area contributed by atoms with Crippen LogP contribution in [0.5, 0.6) is 0 Å². The summed E-state index contributed by atoms with van der Waals surface area (Å²) in [5, 5.41) is 48.7. The highest BCUT2D eigenvalue weighted by Gasteiger charge is 2.14. The van der Waals surface area contributed by atoms with Gasteiger partial charge in [-0.05, 0) is 0 Å². The molecule has 0 saturated carbocycles. The van der Waals surface area contributed by atoms with Crippen molar-refractivity contribution in [3.8, 4) is 11.8 Å². The molecule has 0 fully saturated rings. The molecule has 0 aromatic heterocycles. The van der Waals surface area contributed by atoms with Crippen LogP contribution in [0.4, 0.5) is 0 Å². The molecule has 0 amide bonds. The van der Waals surface area contributed by atoms with Crippen LogP contribution in [0.15, 0.2) is 11.5 Å². The molecule has 0 heterocycles. The first-order valence-corrected chi connectivity index (χ1v) is 4.57. The van der Waals surface area contributed by atoms with E-state index < -0.39 is 48.2 Å². The minimum Gasteiger partial charge on any atom is -0.508 e. The van der Waals surface area contributed by atoms with Gasteiger partial charge in [0.1, 0.15) is 12.8 Å². The quantitative estimate of drug-likeness (QED) is 0.202. The average Bonchev–Trinajstić information content (AvgIpc) is 2.26. The molecule has 0 spiro atoms. The summed E-state index contributed by atoms with van der Waals surface area (Å²) in [5.74, 6) is -4.42. The Balaban J connectivity index is -0.000000300. The summed E-state index contributed by atoms with van der Waals surface area (Å²) < 4.78 is 0. The van der Waals surface area contributed by atoms with E-state index in [0.29, 0.717) is 0 Å². The average molecular weight is 308 g/mol. The molecule has 0 aliphatic heterocycles. The van der Waals surface area contributed by atoms with Crippen LogP contribution in [0.1, 0.15) is 12.8 Å². The lowest BCUT2D eigenvalue weighted by Gasteiger charge is -1.95. The molecule has 0 rings (SSSR count). The van der Waals surface area contributed by atoms with Crippen molar-refractivity contribution in [1.29, 1.82) is 0 Å². The molecular weight excluding hydrogens is 296 g/mol. The Morgan fingerprint density at radius 1 is 0.810 bits per heavy atom. The van der Waals surface area contributed by atoms with Crippen LogP contribution in [-0.4, -0.2) is 60.0 Å². The van der Waals surface area contributed by atoms with E-state index in [1.165, 1.54) is 0 Å². The molecule has 0 radical (unpaired) electrons. The number of aliphatic hydroxyl groups excluding tert-OH is 2. The lowest BCUT2D eigenvalue weighted by Crippen LogP contribution is -2.06. The lowest BCUT2D eigenvalue weighted by molar-refractivity contribution is -0.138. The van der Waals surface area contributed by atoms with E-state index in [1.54, 1.807) is 5.92 Å². The van der Waals surface area contributed by atoms with Crippen molar-refractivity contribution in [2.45, 2.75) is 12.8 Å². The number of rotatable bonds is 4. The van der Waals surface area contributed by atoms with Crippen molar-refractivity contribution in [3.05, 3.63) is 11.5 Å². The van der Waals surface area contributed by atoms with Gasteiger partial charge in [-0.1, -0.05) is 5.92 Å². The van der Waals surface area contributed by atoms with Crippen molar-refractivity contribution in [2.24, 2.45) is 0 Å². The molecular formula is C10H12O11. The van der Waals surface area contributed by atoms with E-state index >= 15 is 0 Å². The Bertz CT molecular complexity index is 491. The van der Waals surface area contributed by atoms with E-state index in [0.717, 1.165) is 0 Å². The molecule has 11 nitrogen and oxygen atoms in total. The van der Waals surface area contributed by atoms with Crippen molar-refractivity contribution < 1.29 is 55.3 Å². The summed E-state index contributed by atoms with van der Waals surface area (Å²) in [6.45, 7) is 0. The first-order chi connectivity index (χ1) is 9.07. The van der Waals surface area contributed by atoms with Gasteiger partial charge < -0.3 is 36.1 Å². The Morgan fingerprint density at radius 3 is 1.57 bits per heavy atom. The van der Waals surface area contributed by atoms with Gasteiger partial charge in [0, 0.05) is 5.92 Å². The van der Waals surface area contributed by atoms with Crippen LogP contribution in [0.25, 0.3) is 0 Å². The van der Waals surface area contributed by atoms with Gasteiger partial charge >= 0.3 is 23.9 Å². The number of carbonyl (C=O) groups is 4. The van der Waals surface area contributed by atoms with E-state index in [4.69, 9.17) is 30.6 Å². The second kappa shape index (κ2) is 11.8. The predicted octanol–water partition coefficient (Wildman–Crippen LogP) is -1.40. The molecule has 0 saturated heterocycles. The molecule has 0 aliphatic rings.